The molecule has 1 aromatic carbocycles. The Labute approximate surface area is 144 Å². The van der Waals surface area contributed by atoms with Gasteiger partial charge in [0, 0.05) is 18.7 Å². The molecule has 3 rings (SSSR count). The highest BCUT2D eigenvalue weighted by Crippen LogP contribution is 2.38. The first-order valence-corrected chi connectivity index (χ1v) is 9.23. The fourth-order valence-electron chi connectivity index (χ4n) is 4.60. The zero-order valence-corrected chi connectivity index (χ0v) is 14.8. The van der Waals surface area contributed by atoms with Gasteiger partial charge in [0.2, 0.25) is 0 Å². The lowest BCUT2D eigenvalue weighted by atomic mass is 9.78. The molecule has 2 N–H and O–H groups in total. The number of aliphatic hydroxyl groups is 1. The topological polar surface area (TPSA) is 41.5 Å². The van der Waals surface area contributed by atoms with Gasteiger partial charge in [-0.05, 0) is 75.5 Å². The van der Waals surface area contributed by atoms with E-state index in [-0.39, 0.29) is 17.4 Å². The van der Waals surface area contributed by atoms with Gasteiger partial charge in [-0.3, -0.25) is 0 Å². The molecule has 1 saturated carbocycles. The fourth-order valence-corrected chi connectivity index (χ4v) is 4.60. The van der Waals surface area contributed by atoms with Crippen LogP contribution in [-0.2, 0) is 4.74 Å². The van der Waals surface area contributed by atoms with Crippen LogP contribution >= 0.6 is 0 Å². The van der Waals surface area contributed by atoms with Gasteiger partial charge in [0.15, 0.2) is 0 Å². The number of ether oxygens (including phenoxy) is 1. The van der Waals surface area contributed by atoms with Gasteiger partial charge in [0.1, 0.15) is 5.82 Å². The second-order valence-electron chi connectivity index (χ2n) is 7.93. The van der Waals surface area contributed by atoms with Crippen LogP contribution in [0, 0.1) is 11.7 Å². The number of methoxy groups -OCH3 is 1. The van der Waals surface area contributed by atoms with Crippen molar-refractivity contribution in [1.29, 1.82) is 0 Å². The quantitative estimate of drug-likeness (QED) is 0.856. The fraction of sp³-hybridized carbons (Fsp3) is 0.700. The van der Waals surface area contributed by atoms with Gasteiger partial charge in [-0.1, -0.05) is 12.1 Å². The molecular weight excluding hydrogens is 305 g/mol. The van der Waals surface area contributed by atoms with E-state index in [2.05, 4.69) is 12.2 Å². The Morgan fingerprint density at radius 1 is 1.29 bits per heavy atom. The first-order valence-electron chi connectivity index (χ1n) is 9.23. The Hall–Kier alpha value is -0.970. The van der Waals surface area contributed by atoms with Crippen molar-refractivity contribution in [2.45, 2.75) is 75.7 Å². The Morgan fingerprint density at radius 3 is 2.71 bits per heavy atom. The molecular formula is C20H30FNO2. The van der Waals surface area contributed by atoms with Gasteiger partial charge >= 0.3 is 0 Å². The van der Waals surface area contributed by atoms with Gasteiger partial charge in [0.05, 0.1) is 12.2 Å². The van der Waals surface area contributed by atoms with Crippen LogP contribution in [0.5, 0.6) is 0 Å². The zero-order chi connectivity index (χ0) is 17.2. The maximum atomic E-state index is 13.4. The highest BCUT2D eigenvalue weighted by atomic mass is 19.1. The zero-order valence-electron chi connectivity index (χ0n) is 14.8. The van der Waals surface area contributed by atoms with Crippen molar-refractivity contribution < 1.29 is 14.2 Å². The molecule has 1 aromatic rings. The second-order valence-corrected chi connectivity index (χ2v) is 7.93. The van der Waals surface area contributed by atoms with Crippen molar-refractivity contribution in [3.63, 3.8) is 0 Å². The molecule has 3 nitrogen and oxygen atoms in total. The smallest absolute Gasteiger partial charge is 0.123 e. The molecule has 2 aliphatic rings. The van der Waals surface area contributed by atoms with Crippen LogP contribution in [0.3, 0.4) is 0 Å². The van der Waals surface area contributed by atoms with Crippen LogP contribution in [0.1, 0.15) is 63.5 Å². The highest BCUT2D eigenvalue weighted by Gasteiger charge is 2.39. The lowest BCUT2D eigenvalue weighted by Crippen LogP contribution is -2.44. The van der Waals surface area contributed by atoms with Crippen LogP contribution in [0.2, 0.25) is 0 Å². The van der Waals surface area contributed by atoms with Gasteiger partial charge < -0.3 is 15.2 Å². The summed E-state index contributed by atoms with van der Waals surface area (Å²) in [5.41, 5.74) is 0.737. The number of rotatable bonds is 5. The Bertz CT molecular complexity index is 544. The maximum Gasteiger partial charge on any atom is 0.123 e. The largest absolute Gasteiger partial charge is 0.387 e. The molecule has 3 atom stereocenters. The van der Waals surface area contributed by atoms with E-state index >= 15 is 0 Å². The van der Waals surface area contributed by atoms with Crippen molar-refractivity contribution >= 4 is 0 Å². The van der Waals surface area contributed by atoms with E-state index in [1.807, 2.05) is 7.11 Å². The minimum atomic E-state index is -0.647. The minimum absolute atomic E-state index is 0.00659. The van der Waals surface area contributed by atoms with E-state index in [0.717, 1.165) is 38.0 Å². The first kappa shape index (κ1) is 17.8. The van der Waals surface area contributed by atoms with Crippen molar-refractivity contribution in [2.24, 2.45) is 5.92 Å². The van der Waals surface area contributed by atoms with Gasteiger partial charge in [-0.15, -0.1) is 0 Å². The summed E-state index contributed by atoms with van der Waals surface area (Å²) in [7, 11) is 1.81. The molecule has 2 fully saturated rings. The minimum Gasteiger partial charge on any atom is -0.387 e. The average Bonchev–Trinajstić information content (AvgIpc) is 2.97. The summed E-state index contributed by atoms with van der Waals surface area (Å²) in [4.78, 5) is 0. The maximum absolute atomic E-state index is 13.4. The molecule has 0 amide bonds. The van der Waals surface area contributed by atoms with E-state index in [1.165, 1.54) is 25.0 Å². The first-order chi connectivity index (χ1) is 11.5. The van der Waals surface area contributed by atoms with Crippen LogP contribution in [0.25, 0.3) is 0 Å². The van der Waals surface area contributed by atoms with E-state index in [1.54, 1.807) is 12.1 Å². The SMILES string of the molecule is COC1CCC(C[C@]2(C)CC[C@@H]([C@@H](O)c3cccc(F)c3)N2)CC1. The van der Waals surface area contributed by atoms with Crippen molar-refractivity contribution in [3.05, 3.63) is 35.6 Å². The monoisotopic (exact) mass is 335 g/mol. The summed E-state index contributed by atoms with van der Waals surface area (Å²) >= 11 is 0. The lowest BCUT2D eigenvalue weighted by Gasteiger charge is -2.35. The number of halogens is 1. The number of benzene rings is 1. The molecule has 0 spiro atoms. The third kappa shape index (κ3) is 4.16. The Morgan fingerprint density at radius 2 is 2.04 bits per heavy atom. The van der Waals surface area contributed by atoms with Crippen molar-refractivity contribution in [2.75, 3.05) is 7.11 Å². The molecule has 0 unspecified atom stereocenters. The molecule has 0 aromatic heterocycles. The van der Waals surface area contributed by atoms with E-state index < -0.39 is 6.10 Å². The van der Waals surface area contributed by atoms with Crippen molar-refractivity contribution in [3.8, 4) is 0 Å². The molecule has 0 radical (unpaired) electrons. The summed E-state index contributed by atoms with van der Waals surface area (Å²) in [6.07, 6.45) is 7.71. The van der Waals surface area contributed by atoms with Crippen LogP contribution in [-0.4, -0.2) is 29.9 Å². The van der Waals surface area contributed by atoms with Crippen LogP contribution in [0.15, 0.2) is 24.3 Å². The number of hydrogen-bond donors (Lipinski definition) is 2. The predicted octanol–water partition coefficient (Wildman–Crippen LogP) is 3.97. The molecule has 0 bridgehead atoms. The standard InChI is InChI=1S/C20H30FNO2/c1-20(13-14-6-8-17(24-2)9-7-14)11-10-18(22-20)19(23)15-4-3-5-16(21)12-15/h3-5,12,14,17-19,22-23H,6-11,13H2,1-2H3/t14?,17?,18-,19-,20-/m0/s1. The Kier molecular flexibility index (Phi) is 5.58. The van der Waals surface area contributed by atoms with Crippen LogP contribution in [0.4, 0.5) is 4.39 Å². The summed E-state index contributed by atoms with van der Waals surface area (Å²) < 4.78 is 18.9. The normalized spacial score (nSPS) is 35.1. The molecule has 24 heavy (non-hydrogen) atoms. The summed E-state index contributed by atoms with van der Waals surface area (Å²) in [6.45, 7) is 2.27. The van der Waals surface area contributed by atoms with Gasteiger partial charge in [-0.2, -0.15) is 0 Å². The second kappa shape index (κ2) is 7.51. The predicted molar refractivity (Wildman–Crippen MR) is 93.3 cm³/mol. The summed E-state index contributed by atoms with van der Waals surface area (Å²) in [6, 6.07) is 6.33. The third-order valence-corrected chi connectivity index (χ3v) is 5.98. The number of hydrogen-bond acceptors (Lipinski definition) is 3. The van der Waals surface area contributed by atoms with E-state index in [9.17, 15) is 9.50 Å². The highest BCUT2D eigenvalue weighted by molar-refractivity contribution is 5.21. The van der Waals surface area contributed by atoms with Gasteiger partial charge in [-0.25, -0.2) is 4.39 Å². The molecule has 1 aliphatic carbocycles. The molecule has 1 heterocycles. The van der Waals surface area contributed by atoms with E-state index in [4.69, 9.17) is 4.74 Å². The lowest BCUT2D eigenvalue weighted by molar-refractivity contribution is 0.0504. The molecule has 4 heteroatoms. The van der Waals surface area contributed by atoms with Gasteiger partial charge in [0.25, 0.3) is 0 Å². The summed E-state index contributed by atoms with van der Waals surface area (Å²) in [5, 5.41) is 14.3. The van der Waals surface area contributed by atoms with Crippen molar-refractivity contribution in [1.82, 2.24) is 5.32 Å². The van der Waals surface area contributed by atoms with E-state index in [0.29, 0.717) is 11.7 Å². The summed E-state index contributed by atoms with van der Waals surface area (Å²) in [5.74, 6) is 0.446. The van der Waals surface area contributed by atoms with Crippen LogP contribution < -0.4 is 5.32 Å². The Balaban J connectivity index is 1.56. The number of aliphatic hydroxyl groups excluding tert-OH is 1. The molecule has 134 valence electrons. The third-order valence-electron chi connectivity index (χ3n) is 5.98. The molecule has 1 saturated heterocycles. The molecule has 1 aliphatic heterocycles. The average molecular weight is 335 g/mol. The number of nitrogens with one attached hydrogen (secondary N) is 1.